The van der Waals surface area contributed by atoms with Crippen molar-refractivity contribution in [1.29, 1.82) is 0 Å². The Labute approximate surface area is 109 Å². The summed E-state index contributed by atoms with van der Waals surface area (Å²) in [7, 11) is 0. The average Bonchev–Trinajstić information content (AvgIpc) is 2.33. The molecule has 0 aliphatic carbocycles. The molecule has 2 N–H and O–H groups in total. The first-order chi connectivity index (χ1) is 7.75. The Morgan fingerprint density at radius 1 is 1.25 bits per heavy atom. The number of anilines is 1. The van der Waals surface area contributed by atoms with Gasteiger partial charge in [0.25, 0.3) is 0 Å². The van der Waals surface area contributed by atoms with Crippen LogP contribution in [-0.4, -0.2) is 36.2 Å². The SMILES string of the molecule is S=C(Nc1ccc(Br)cc1)N1CCNCC1. The van der Waals surface area contributed by atoms with E-state index in [1.807, 2.05) is 24.3 Å². The first-order valence-electron chi connectivity index (χ1n) is 5.28. The lowest BCUT2D eigenvalue weighted by Gasteiger charge is -2.29. The Hall–Kier alpha value is -0.650. The molecule has 0 saturated carbocycles. The topological polar surface area (TPSA) is 27.3 Å². The molecule has 1 aliphatic heterocycles. The van der Waals surface area contributed by atoms with Gasteiger partial charge in [-0.2, -0.15) is 0 Å². The van der Waals surface area contributed by atoms with E-state index in [0.717, 1.165) is 41.5 Å². The first kappa shape index (κ1) is 11.8. The summed E-state index contributed by atoms with van der Waals surface area (Å²) in [6.45, 7) is 3.95. The highest BCUT2D eigenvalue weighted by molar-refractivity contribution is 9.10. The van der Waals surface area contributed by atoms with Gasteiger partial charge in [0.1, 0.15) is 0 Å². The molecule has 1 fully saturated rings. The third kappa shape index (κ3) is 3.17. The molecule has 0 bridgehead atoms. The Kier molecular flexibility index (Phi) is 4.15. The van der Waals surface area contributed by atoms with Crippen molar-refractivity contribution in [2.24, 2.45) is 0 Å². The first-order valence-corrected chi connectivity index (χ1v) is 6.48. The summed E-state index contributed by atoms with van der Waals surface area (Å²) in [5, 5.41) is 7.36. The number of rotatable bonds is 1. The number of benzene rings is 1. The van der Waals surface area contributed by atoms with Gasteiger partial charge in [-0.15, -0.1) is 0 Å². The minimum absolute atomic E-state index is 0.809. The summed E-state index contributed by atoms with van der Waals surface area (Å²) in [4.78, 5) is 2.19. The van der Waals surface area contributed by atoms with E-state index in [4.69, 9.17) is 12.2 Å². The number of hydrogen-bond acceptors (Lipinski definition) is 2. The predicted octanol–water partition coefficient (Wildman–Crippen LogP) is 2.05. The molecule has 1 aromatic rings. The van der Waals surface area contributed by atoms with Gasteiger partial charge in [0.2, 0.25) is 0 Å². The standard InChI is InChI=1S/C11H14BrN3S/c12-9-1-3-10(4-2-9)14-11(16)15-7-5-13-6-8-15/h1-4,13H,5-8H2,(H,14,16). The summed E-state index contributed by atoms with van der Waals surface area (Å²) in [5.74, 6) is 0. The molecule has 1 heterocycles. The van der Waals surface area contributed by atoms with E-state index in [0.29, 0.717) is 0 Å². The minimum atomic E-state index is 0.809. The summed E-state index contributed by atoms with van der Waals surface area (Å²) < 4.78 is 1.08. The van der Waals surface area contributed by atoms with Crippen LogP contribution in [0.25, 0.3) is 0 Å². The van der Waals surface area contributed by atoms with Crippen LogP contribution < -0.4 is 10.6 Å². The van der Waals surface area contributed by atoms with Crippen LogP contribution in [0.2, 0.25) is 0 Å². The fraction of sp³-hybridized carbons (Fsp3) is 0.364. The van der Waals surface area contributed by atoms with E-state index < -0.39 is 0 Å². The molecule has 1 saturated heterocycles. The molecule has 3 nitrogen and oxygen atoms in total. The van der Waals surface area contributed by atoms with Gasteiger partial charge in [0, 0.05) is 36.3 Å². The number of piperazine rings is 1. The van der Waals surface area contributed by atoms with E-state index in [2.05, 4.69) is 31.5 Å². The maximum atomic E-state index is 5.36. The molecule has 1 aromatic carbocycles. The fourth-order valence-electron chi connectivity index (χ4n) is 1.60. The number of nitrogens with one attached hydrogen (secondary N) is 2. The van der Waals surface area contributed by atoms with Crippen LogP contribution in [0.4, 0.5) is 5.69 Å². The molecule has 0 unspecified atom stereocenters. The zero-order chi connectivity index (χ0) is 11.4. The highest BCUT2D eigenvalue weighted by Gasteiger charge is 2.12. The smallest absolute Gasteiger partial charge is 0.173 e. The molecule has 0 atom stereocenters. The Morgan fingerprint density at radius 2 is 1.88 bits per heavy atom. The van der Waals surface area contributed by atoms with Crippen molar-refractivity contribution in [2.75, 3.05) is 31.5 Å². The lowest BCUT2D eigenvalue weighted by atomic mass is 10.3. The normalized spacial score (nSPS) is 15.9. The van der Waals surface area contributed by atoms with Gasteiger partial charge in [-0.3, -0.25) is 0 Å². The Morgan fingerprint density at radius 3 is 2.50 bits per heavy atom. The maximum Gasteiger partial charge on any atom is 0.173 e. The van der Waals surface area contributed by atoms with E-state index in [9.17, 15) is 0 Å². The molecule has 2 rings (SSSR count). The average molecular weight is 300 g/mol. The molecule has 0 spiro atoms. The van der Waals surface area contributed by atoms with Crippen LogP contribution in [0.3, 0.4) is 0 Å². The van der Waals surface area contributed by atoms with Crippen LogP contribution in [0.1, 0.15) is 0 Å². The number of hydrogen-bond donors (Lipinski definition) is 2. The highest BCUT2D eigenvalue weighted by atomic mass is 79.9. The van der Waals surface area contributed by atoms with Gasteiger partial charge in [0.15, 0.2) is 5.11 Å². The highest BCUT2D eigenvalue weighted by Crippen LogP contribution is 2.14. The van der Waals surface area contributed by atoms with Crippen molar-refractivity contribution >= 4 is 38.9 Å². The van der Waals surface area contributed by atoms with Gasteiger partial charge < -0.3 is 15.5 Å². The second-order valence-electron chi connectivity index (χ2n) is 3.67. The minimum Gasteiger partial charge on any atom is -0.346 e. The quantitative estimate of drug-likeness (QED) is 0.776. The number of thiocarbonyl (C=S) groups is 1. The van der Waals surface area contributed by atoms with Crippen molar-refractivity contribution < 1.29 is 0 Å². The zero-order valence-electron chi connectivity index (χ0n) is 8.87. The third-order valence-electron chi connectivity index (χ3n) is 2.50. The van der Waals surface area contributed by atoms with Crippen LogP contribution >= 0.6 is 28.1 Å². The molecule has 16 heavy (non-hydrogen) atoms. The fourth-order valence-corrected chi connectivity index (χ4v) is 2.17. The molecule has 86 valence electrons. The molecule has 0 radical (unpaired) electrons. The molecule has 5 heteroatoms. The van der Waals surface area contributed by atoms with Crippen molar-refractivity contribution in [3.8, 4) is 0 Å². The molecular formula is C11H14BrN3S. The van der Waals surface area contributed by atoms with Crippen molar-refractivity contribution in [2.45, 2.75) is 0 Å². The van der Waals surface area contributed by atoms with Crippen LogP contribution in [-0.2, 0) is 0 Å². The van der Waals surface area contributed by atoms with Crippen LogP contribution in [0.15, 0.2) is 28.7 Å². The largest absolute Gasteiger partial charge is 0.346 e. The monoisotopic (exact) mass is 299 g/mol. The number of halogens is 1. The van der Waals surface area contributed by atoms with Crippen LogP contribution in [0, 0.1) is 0 Å². The van der Waals surface area contributed by atoms with Gasteiger partial charge in [-0.1, -0.05) is 15.9 Å². The summed E-state index contributed by atoms with van der Waals surface area (Å²) in [5.41, 5.74) is 1.03. The third-order valence-corrected chi connectivity index (χ3v) is 3.39. The second-order valence-corrected chi connectivity index (χ2v) is 4.98. The number of nitrogens with zero attached hydrogens (tertiary/aromatic N) is 1. The van der Waals surface area contributed by atoms with Gasteiger partial charge in [-0.25, -0.2) is 0 Å². The van der Waals surface area contributed by atoms with E-state index in [-0.39, 0.29) is 0 Å². The Bertz CT molecular complexity index is 360. The van der Waals surface area contributed by atoms with E-state index >= 15 is 0 Å². The zero-order valence-corrected chi connectivity index (χ0v) is 11.3. The summed E-state index contributed by atoms with van der Waals surface area (Å²) >= 11 is 8.77. The van der Waals surface area contributed by atoms with E-state index in [1.54, 1.807) is 0 Å². The van der Waals surface area contributed by atoms with Crippen molar-refractivity contribution in [3.63, 3.8) is 0 Å². The molecule has 1 aliphatic rings. The maximum absolute atomic E-state index is 5.36. The van der Waals surface area contributed by atoms with Gasteiger partial charge in [0.05, 0.1) is 0 Å². The van der Waals surface area contributed by atoms with E-state index in [1.165, 1.54) is 0 Å². The van der Waals surface area contributed by atoms with Crippen LogP contribution in [0.5, 0.6) is 0 Å². The molecular weight excluding hydrogens is 286 g/mol. The molecule has 0 amide bonds. The lowest BCUT2D eigenvalue weighted by molar-refractivity contribution is 0.362. The van der Waals surface area contributed by atoms with Crippen molar-refractivity contribution in [3.05, 3.63) is 28.7 Å². The second kappa shape index (κ2) is 5.61. The van der Waals surface area contributed by atoms with Gasteiger partial charge >= 0.3 is 0 Å². The molecule has 0 aromatic heterocycles. The van der Waals surface area contributed by atoms with Gasteiger partial charge in [-0.05, 0) is 36.5 Å². The van der Waals surface area contributed by atoms with Crippen molar-refractivity contribution in [1.82, 2.24) is 10.2 Å². The summed E-state index contributed by atoms with van der Waals surface area (Å²) in [6, 6.07) is 8.03. The summed E-state index contributed by atoms with van der Waals surface area (Å²) in [6.07, 6.45) is 0. The Balaban J connectivity index is 1.93. The predicted molar refractivity (Wildman–Crippen MR) is 74.8 cm³/mol. The lowest BCUT2D eigenvalue weighted by Crippen LogP contribution is -2.47.